The van der Waals surface area contributed by atoms with Crippen molar-refractivity contribution in [2.45, 2.75) is 12.6 Å². The van der Waals surface area contributed by atoms with Crippen LogP contribution in [0.15, 0.2) is 84.8 Å². The molecule has 0 saturated carbocycles. The lowest BCUT2D eigenvalue weighted by atomic mass is 9.93. The number of hydrogen-bond donors (Lipinski definition) is 1. The zero-order valence-corrected chi connectivity index (χ0v) is 15.2. The summed E-state index contributed by atoms with van der Waals surface area (Å²) in [5, 5.41) is 11.3. The van der Waals surface area contributed by atoms with Crippen LogP contribution in [0.1, 0.15) is 22.9 Å². The molecule has 2 heterocycles. The second-order valence-electron chi connectivity index (χ2n) is 6.34. The number of amides is 1. The van der Waals surface area contributed by atoms with Gasteiger partial charge in [-0.1, -0.05) is 60.1 Å². The standard InChI is InChI=1S/C22H17ClN2O2/c23-17-11-9-16(10-12-17)20-19(15-6-2-1-3-7-15)21(26)22(27)25(20)14-18-8-4-5-13-24-18/h1-13,20,26H,14H2. The lowest BCUT2D eigenvalue weighted by Crippen LogP contribution is -2.30. The van der Waals surface area contributed by atoms with E-state index in [1.54, 1.807) is 23.2 Å². The molecule has 0 spiro atoms. The highest BCUT2D eigenvalue weighted by Gasteiger charge is 2.41. The molecule has 1 amide bonds. The third kappa shape index (κ3) is 3.32. The highest BCUT2D eigenvalue weighted by atomic mass is 35.5. The fraction of sp³-hybridized carbons (Fsp3) is 0.0909. The molecule has 1 N–H and O–H groups in total. The number of aliphatic hydroxyl groups excluding tert-OH is 1. The van der Waals surface area contributed by atoms with Crippen LogP contribution in [0.3, 0.4) is 0 Å². The Balaban J connectivity index is 1.81. The Morgan fingerprint density at radius 1 is 0.963 bits per heavy atom. The zero-order valence-electron chi connectivity index (χ0n) is 14.4. The van der Waals surface area contributed by atoms with E-state index < -0.39 is 11.9 Å². The molecule has 4 rings (SSSR count). The maximum absolute atomic E-state index is 12.9. The van der Waals surface area contributed by atoms with Crippen LogP contribution < -0.4 is 0 Å². The summed E-state index contributed by atoms with van der Waals surface area (Å²) in [6.45, 7) is 0.299. The van der Waals surface area contributed by atoms with Gasteiger partial charge >= 0.3 is 0 Å². The molecule has 1 aliphatic rings. The van der Waals surface area contributed by atoms with Crippen molar-refractivity contribution in [3.63, 3.8) is 0 Å². The summed E-state index contributed by atoms with van der Waals surface area (Å²) in [5.41, 5.74) is 3.05. The van der Waals surface area contributed by atoms with Crippen molar-refractivity contribution >= 4 is 23.1 Å². The molecule has 3 aromatic rings. The second-order valence-corrected chi connectivity index (χ2v) is 6.77. The van der Waals surface area contributed by atoms with Crippen LogP contribution in [-0.2, 0) is 11.3 Å². The highest BCUT2D eigenvalue weighted by molar-refractivity contribution is 6.30. The van der Waals surface area contributed by atoms with Crippen LogP contribution in [0.4, 0.5) is 0 Å². The van der Waals surface area contributed by atoms with Gasteiger partial charge in [0.15, 0.2) is 5.76 Å². The molecule has 0 aliphatic carbocycles. The van der Waals surface area contributed by atoms with Gasteiger partial charge in [0.25, 0.3) is 5.91 Å². The van der Waals surface area contributed by atoms with E-state index in [4.69, 9.17) is 11.6 Å². The number of aliphatic hydroxyl groups is 1. The van der Waals surface area contributed by atoms with Crippen molar-refractivity contribution in [2.75, 3.05) is 0 Å². The average molecular weight is 377 g/mol. The summed E-state index contributed by atoms with van der Waals surface area (Å²) in [6, 6.07) is 22.0. The SMILES string of the molecule is O=C1C(O)=C(c2ccccc2)C(c2ccc(Cl)cc2)N1Cc1ccccn1. The van der Waals surface area contributed by atoms with Crippen molar-refractivity contribution in [3.05, 3.63) is 107 Å². The number of carbonyl (C=O) groups excluding carboxylic acids is 1. The van der Waals surface area contributed by atoms with Crippen LogP contribution in [0.25, 0.3) is 5.57 Å². The first kappa shape index (κ1) is 17.3. The number of rotatable bonds is 4. The molecular weight excluding hydrogens is 360 g/mol. The third-order valence-corrected chi connectivity index (χ3v) is 4.88. The predicted molar refractivity (Wildman–Crippen MR) is 105 cm³/mol. The fourth-order valence-corrected chi connectivity index (χ4v) is 3.51. The first-order valence-corrected chi connectivity index (χ1v) is 8.98. The Bertz CT molecular complexity index is 986. The quantitative estimate of drug-likeness (QED) is 0.712. The van der Waals surface area contributed by atoms with E-state index in [1.165, 1.54) is 0 Å². The number of pyridine rings is 1. The van der Waals surface area contributed by atoms with Crippen molar-refractivity contribution in [1.29, 1.82) is 0 Å². The lowest BCUT2D eigenvalue weighted by Gasteiger charge is -2.27. The zero-order chi connectivity index (χ0) is 18.8. The van der Waals surface area contributed by atoms with E-state index in [9.17, 15) is 9.90 Å². The topological polar surface area (TPSA) is 53.4 Å². The fourth-order valence-electron chi connectivity index (χ4n) is 3.39. The minimum Gasteiger partial charge on any atom is -0.503 e. The van der Waals surface area contributed by atoms with Gasteiger partial charge in [-0.25, -0.2) is 0 Å². The number of halogens is 1. The van der Waals surface area contributed by atoms with Crippen LogP contribution in [0.2, 0.25) is 5.02 Å². The molecule has 1 unspecified atom stereocenters. The molecular formula is C22H17ClN2O2. The first-order chi connectivity index (χ1) is 13.1. The van der Waals surface area contributed by atoms with Crippen LogP contribution in [0, 0.1) is 0 Å². The van der Waals surface area contributed by atoms with Crippen molar-refractivity contribution in [1.82, 2.24) is 9.88 Å². The van der Waals surface area contributed by atoms with Crippen molar-refractivity contribution in [3.8, 4) is 0 Å². The number of hydrogen-bond acceptors (Lipinski definition) is 3. The Morgan fingerprint density at radius 2 is 1.67 bits per heavy atom. The Kier molecular flexibility index (Phi) is 4.65. The Labute approximate surface area is 162 Å². The number of carbonyl (C=O) groups is 1. The molecule has 4 nitrogen and oxygen atoms in total. The van der Waals surface area contributed by atoms with Crippen LogP contribution in [0.5, 0.6) is 0 Å². The summed E-state index contributed by atoms with van der Waals surface area (Å²) < 4.78 is 0. The summed E-state index contributed by atoms with van der Waals surface area (Å²) in [4.78, 5) is 18.9. The molecule has 5 heteroatoms. The number of benzene rings is 2. The largest absolute Gasteiger partial charge is 0.503 e. The van der Waals surface area contributed by atoms with Gasteiger partial charge in [0, 0.05) is 16.8 Å². The third-order valence-electron chi connectivity index (χ3n) is 4.63. The van der Waals surface area contributed by atoms with Gasteiger partial charge in [-0.15, -0.1) is 0 Å². The molecule has 27 heavy (non-hydrogen) atoms. The molecule has 2 aromatic carbocycles. The van der Waals surface area contributed by atoms with Crippen molar-refractivity contribution in [2.24, 2.45) is 0 Å². The summed E-state index contributed by atoms with van der Waals surface area (Å²) in [5.74, 6) is -0.628. The van der Waals surface area contributed by atoms with Gasteiger partial charge in [0.2, 0.25) is 0 Å². The highest BCUT2D eigenvalue weighted by Crippen LogP contribution is 2.43. The minimum absolute atomic E-state index is 0.225. The summed E-state index contributed by atoms with van der Waals surface area (Å²) >= 11 is 6.04. The molecule has 0 saturated heterocycles. The van der Waals surface area contributed by atoms with E-state index in [1.807, 2.05) is 60.7 Å². The monoisotopic (exact) mass is 376 g/mol. The van der Waals surface area contributed by atoms with Gasteiger partial charge in [-0.05, 0) is 35.4 Å². The van der Waals surface area contributed by atoms with Crippen molar-refractivity contribution < 1.29 is 9.90 Å². The number of nitrogens with zero attached hydrogens (tertiary/aromatic N) is 2. The maximum Gasteiger partial charge on any atom is 0.290 e. The average Bonchev–Trinajstić information content (AvgIpc) is 2.95. The maximum atomic E-state index is 12.9. The molecule has 0 fully saturated rings. The Morgan fingerprint density at radius 3 is 2.33 bits per heavy atom. The van der Waals surface area contributed by atoms with E-state index in [-0.39, 0.29) is 5.76 Å². The molecule has 134 valence electrons. The first-order valence-electron chi connectivity index (χ1n) is 8.60. The van der Waals surface area contributed by atoms with E-state index in [2.05, 4.69) is 4.98 Å². The molecule has 0 bridgehead atoms. The van der Waals surface area contributed by atoms with Gasteiger partial charge in [-0.2, -0.15) is 0 Å². The minimum atomic E-state index is -0.417. The molecule has 1 atom stereocenters. The summed E-state index contributed by atoms with van der Waals surface area (Å²) in [6.07, 6.45) is 1.69. The van der Waals surface area contributed by atoms with E-state index >= 15 is 0 Å². The predicted octanol–water partition coefficient (Wildman–Crippen LogP) is 4.79. The summed E-state index contributed by atoms with van der Waals surface area (Å²) in [7, 11) is 0. The van der Waals surface area contributed by atoms with Gasteiger partial charge in [-0.3, -0.25) is 9.78 Å². The van der Waals surface area contributed by atoms with Crippen LogP contribution >= 0.6 is 11.6 Å². The van der Waals surface area contributed by atoms with Gasteiger partial charge in [0.05, 0.1) is 18.3 Å². The van der Waals surface area contributed by atoms with E-state index in [0.29, 0.717) is 17.1 Å². The van der Waals surface area contributed by atoms with Gasteiger partial charge in [0.1, 0.15) is 0 Å². The molecule has 1 aliphatic heterocycles. The van der Waals surface area contributed by atoms with Gasteiger partial charge < -0.3 is 10.0 Å². The molecule has 0 radical (unpaired) electrons. The smallest absolute Gasteiger partial charge is 0.290 e. The second kappa shape index (κ2) is 7.25. The normalized spacial score (nSPS) is 16.9. The van der Waals surface area contributed by atoms with Crippen LogP contribution in [-0.4, -0.2) is 20.9 Å². The Hall–Kier alpha value is -3.11. The molecule has 1 aromatic heterocycles. The number of aromatic nitrogens is 1. The van der Waals surface area contributed by atoms with E-state index in [0.717, 1.165) is 16.8 Å². The lowest BCUT2D eigenvalue weighted by molar-refractivity contribution is -0.130.